The van der Waals surface area contributed by atoms with Gasteiger partial charge in [0.25, 0.3) is 0 Å². The van der Waals surface area contributed by atoms with E-state index in [-0.39, 0.29) is 5.41 Å². The van der Waals surface area contributed by atoms with Crippen LogP contribution in [0.3, 0.4) is 0 Å². The van der Waals surface area contributed by atoms with Gasteiger partial charge in [0.05, 0.1) is 0 Å². The van der Waals surface area contributed by atoms with Crippen molar-refractivity contribution in [3.05, 3.63) is 138 Å². The number of hydrogen-bond acceptors (Lipinski definition) is 0. The molecule has 0 aliphatic heterocycles. The highest BCUT2D eigenvalue weighted by atomic mass is 79.9. The van der Waals surface area contributed by atoms with Gasteiger partial charge in [0.1, 0.15) is 0 Å². The Labute approximate surface area is 285 Å². The Balaban J connectivity index is 0.000000196. The van der Waals surface area contributed by atoms with Crippen LogP contribution in [0.15, 0.2) is 116 Å². The molecule has 4 aromatic rings. The van der Waals surface area contributed by atoms with Gasteiger partial charge in [0.15, 0.2) is 0 Å². The van der Waals surface area contributed by atoms with Crippen molar-refractivity contribution in [3.8, 4) is 22.3 Å². The van der Waals surface area contributed by atoms with E-state index in [9.17, 15) is 0 Å². The highest BCUT2D eigenvalue weighted by Crippen LogP contribution is 2.55. The number of rotatable bonds is 10. The second-order valence-corrected chi connectivity index (χ2v) is 15.0. The average molecular weight is 812 g/mol. The van der Waals surface area contributed by atoms with E-state index in [0.717, 1.165) is 28.2 Å². The summed E-state index contributed by atoms with van der Waals surface area (Å²) in [6.07, 6.45) is 14.6. The molecule has 216 valence electrons. The zero-order chi connectivity index (χ0) is 29.7. The first-order valence-corrected chi connectivity index (χ1v) is 17.9. The molecule has 0 unspecified atom stereocenters. The van der Waals surface area contributed by atoms with Gasteiger partial charge in [-0.25, -0.2) is 0 Å². The van der Waals surface area contributed by atoms with E-state index in [1.165, 1.54) is 92.0 Å². The molecule has 0 atom stereocenters. The molecule has 0 saturated heterocycles. The van der Waals surface area contributed by atoms with E-state index < -0.39 is 0 Å². The van der Waals surface area contributed by atoms with Gasteiger partial charge in [-0.15, -0.1) is 13.2 Å². The van der Waals surface area contributed by atoms with Gasteiger partial charge in [-0.05, 0) is 138 Å². The van der Waals surface area contributed by atoms with Gasteiger partial charge in [-0.2, -0.15) is 0 Å². The third-order valence-electron chi connectivity index (χ3n) is 8.61. The molecule has 0 N–H and O–H groups in total. The second kappa shape index (κ2) is 14.4. The van der Waals surface area contributed by atoms with Crippen molar-refractivity contribution < 1.29 is 0 Å². The first-order valence-electron chi connectivity index (χ1n) is 14.8. The summed E-state index contributed by atoms with van der Waals surface area (Å²) in [5.41, 5.74) is 11.5. The lowest BCUT2D eigenvalue weighted by molar-refractivity contribution is 0.408. The summed E-state index contributed by atoms with van der Waals surface area (Å²) in [4.78, 5) is 0. The van der Waals surface area contributed by atoms with Crippen molar-refractivity contribution in [2.24, 2.45) is 0 Å². The number of halogens is 4. The van der Waals surface area contributed by atoms with Crippen molar-refractivity contribution in [2.75, 3.05) is 0 Å². The Hall–Kier alpha value is -1.72. The number of unbranched alkanes of at least 4 members (excludes halogenated alkanes) is 4. The Kier molecular flexibility index (Phi) is 10.8. The molecule has 0 nitrogen and oxygen atoms in total. The van der Waals surface area contributed by atoms with Crippen LogP contribution in [0, 0.1) is 0 Å². The summed E-state index contributed by atoms with van der Waals surface area (Å²) < 4.78 is 4.67. The molecule has 0 radical (unpaired) electrons. The predicted molar refractivity (Wildman–Crippen MR) is 195 cm³/mol. The number of hydrogen-bond donors (Lipinski definition) is 0. The molecule has 2 aliphatic rings. The molecule has 42 heavy (non-hydrogen) atoms. The average Bonchev–Trinajstić information content (AvgIpc) is 3.45. The first kappa shape index (κ1) is 31.7. The highest BCUT2D eigenvalue weighted by molar-refractivity contribution is 9.11. The molecule has 0 spiro atoms. The zero-order valence-electron chi connectivity index (χ0n) is 23.9. The van der Waals surface area contributed by atoms with E-state index >= 15 is 0 Å². The lowest BCUT2D eigenvalue weighted by Gasteiger charge is -2.33. The van der Waals surface area contributed by atoms with Crippen molar-refractivity contribution in [1.29, 1.82) is 0 Å². The van der Waals surface area contributed by atoms with Crippen LogP contribution >= 0.6 is 63.7 Å². The molecule has 0 heterocycles. The molecular weight excluding hydrogens is 776 g/mol. The van der Waals surface area contributed by atoms with Crippen molar-refractivity contribution in [1.82, 2.24) is 0 Å². The lowest BCUT2D eigenvalue weighted by atomic mass is 9.70. The fraction of sp³-hybridized carbons (Fsp3) is 0.263. The molecule has 4 aromatic carbocycles. The van der Waals surface area contributed by atoms with Crippen LogP contribution in [0.1, 0.15) is 73.6 Å². The summed E-state index contributed by atoms with van der Waals surface area (Å²) in [5.74, 6) is 0. The molecule has 4 heteroatoms. The van der Waals surface area contributed by atoms with Crippen LogP contribution in [0.2, 0.25) is 0 Å². The number of fused-ring (bicyclic) bond motifs is 6. The second-order valence-electron chi connectivity index (χ2n) is 11.3. The van der Waals surface area contributed by atoms with Crippen molar-refractivity contribution in [3.63, 3.8) is 0 Å². The van der Waals surface area contributed by atoms with Gasteiger partial charge >= 0.3 is 0 Å². The lowest BCUT2D eigenvalue weighted by Crippen LogP contribution is -2.25. The van der Waals surface area contributed by atoms with E-state index in [2.05, 4.69) is 150 Å². The Morgan fingerprint density at radius 2 is 0.905 bits per heavy atom. The summed E-state index contributed by atoms with van der Waals surface area (Å²) in [6, 6.07) is 26.7. The van der Waals surface area contributed by atoms with Crippen LogP contribution in [0.5, 0.6) is 0 Å². The Morgan fingerprint density at radius 1 is 0.524 bits per heavy atom. The normalized spacial score (nSPS) is 13.3. The van der Waals surface area contributed by atoms with Crippen LogP contribution in [0.25, 0.3) is 22.3 Å². The van der Waals surface area contributed by atoms with Crippen LogP contribution < -0.4 is 0 Å². The molecule has 6 rings (SSSR count). The van der Waals surface area contributed by atoms with Gasteiger partial charge < -0.3 is 0 Å². The summed E-state index contributed by atoms with van der Waals surface area (Å²) in [7, 11) is 0. The minimum absolute atomic E-state index is 0.112. The largest absolute Gasteiger partial charge is 0.103 e. The van der Waals surface area contributed by atoms with Crippen LogP contribution in [-0.2, 0) is 11.8 Å². The topological polar surface area (TPSA) is 0 Å². The summed E-state index contributed by atoms with van der Waals surface area (Å²) >= 11 is 14.5. The van der Waals surface area contributed by atoms with E-state index in [4.69, 9.17) is 0 Å². The zero-order valence-corrected chi connectivity index (χ0v) is 30.2. The molecule has 2 aliphatic carbocycles. The number of benzene rings is 4. The Morgan fingerprint density at radius 3 is 1.31 bits per heavy atom. The molecule has 0 amide bonds. The monoisotopic (exact) mass is 808 g/mol. The Bertz CT molecular complexity index is 1480. The molecule has 0 fully saturated rings. The minimum Gasteiger partial charge on any atom is -0.103 e. The maximum Gasteiger partial charge on any atom is 0.0216 e. The van der Waals surface area contributed by atoms with Crippen LogP contribution in [-0.4, -0.2) is 0 Å². The summed E-state index contributed by atoms with van der Waals surface area (Å²) in [6.45, 7) is 7.78. The smallest absolute Gasteiger partial charge is 0.0216 e. The fourth-order valence-electron chi connectivity index (χ4n) is 6.68. The van der Waals surface area contributed by atoms with E-state index in [1.54, 1.807) is 0 Å². The minimum atomic E-state index is 0.112. The molecule has 0 bridgehead atoms. The van der Waals surface area contributed by atoms with Crippen molar-refractivity contribution >= 4 is 63.7 Å². The summed E-state index contributed by atoms with van der Waals surface area (Å²) in [5, 5.41) is 0. The maximum atomic E-state index is 3.89. The molecular formula is C38H36Br4. The van der Waals surface area contributed by atoms with Gasteiger partial charge in [-0.3, -0.25) is 0 Å². The van der Waals surface area contributed by atoms with Gasteiger partial charge in [0.2, 0.25) is 0 Å². The SMILES string of the molecule is Brc1ccc2c(c1)Cc1cc(Br)ccc1-2.C=CCCCCC1(CCCCC=C)c2cc(Br)ccc2-c2ccc(Br)cc21. The highest BCUT2D eigenvalue weighted by Gasteiger charge is 2.42. The standard InChI is InChI=1S/C25H28Br2.C13H8Br2/c1-3-5-7-9-15-25(16-10-8-6-4-2)23-17-19(26)11-13-21(23)22-14-12-20(27)18-24(22)25;14-10-1-3-12-8(6-10)5-9-7-11(15)2-4-13(9)12/h3-4,11-14,17-18H,1-2,5-10,15-16H2;1-4,6-7H,5H2. The van der Waals surface area contributed by atoms with Gasteiger partial charge in [-0.1, -0.05) is 113 Å². The van der Waals surface area contributed by atoms with Crippen molar-refractivity contribution in [2.45, 2.75) is 63.2 Å². The maximum absolute atomic E-state index is 3.89. The van der Waals surface area contributed by atoms with Crippen LogP contribution in [0.4, 0.5) is 0 Å². The molecule has 0 saturated carbocycles. The first-order chi connectivity index (χ1) is 20.4. The number of allylic oxidation sites excluding steroid dienone is 2. The quantitative estimate of drug-likeness (QED) is 0.0973. The molecule has 0 aromatic heterocycles. The van der Waals surface area contributed by atoms with E-state index in [1.807, 2.05) is 12.2 Å². The third-order valence-corrected chi connectivity index (χ3v) is 10.6. The predicted octanol–water partition coefficient (Wildman–Crippen LogP) is 13.8. The van der Waals surface area contributed by atoms with Gasteiger partial charge in [0, 0.05) is 23.3 Å². The third kappa shape index (κ3) is 6.83. The fourth-order valence-corrected chi connectivity index (χ4v) is 8.22. The van der Waals surface area contributed by atoms with E-state index in [0.29, 0.717) is 0 Å².